The van der Waals surface area contributed by atoms with Gasteiger partial charge in [0.15, 0.2) is 0 Å². The largest absolute Gasteiger partial charge is 0.481 e. The third-order valence-electron chi connectivity index (χ3n) is 3.42. The minimum absolute atomic E-state index is 0.209. The van der Waals surface area contributed by atoms with Crippen molar-refractivity contribution in [1.29, 1.82) is 0 Å². The molecule has 0 saturated carbocycles. The first-order valence-corrected chi connectivity index (χ1v) is 6.50. The van der Waals surface area contributed by atoms with Gasteiger partial charge >= 0.3 is 5.97 Å². The molecule has 3 heteroatoms. The normalized spacial score (nSPS) is 14.2. The fourth-order valence-corrected chi connectivity index (χ4v) is 2.15. The monoisotopic (exact) mass is 252 g/mol. The number of aliphatic carboxylic acids is 1. The molecule has 0 saturated heterocycles. The summed E-state index contributed by atoms with van der Waals surface area (Å²) >= 11 is 0. The zero-order chi connectivity index (χ0) is 13.5. The van der Waals surface area contributed by atoms with Crippen molar-refractivity contribution in [2.45, 2.75) is 39.5 Å². The number of aryl methyl sites for hydroxylation is 1. The molecule has 0 fully saturated rings. The SMILES string of the molecule is CC[C@@H](CCc1cccc(F)c1)C[C@H](C)C(=O)O. The Morgan fingerprint density at radius 1 is 1.44 bits per heavy atom. The third-order valence-corrected chi connectivity index (χ3v) is 3.42. The van der Waals surface area contributed by atoms with Crippen LogP contribution in [0.5, 0.6) is 0 Å². The summed E-state index contributed by atoms with van der Waals surface area (Å²) in [6.07, 6.45) is 3.38. The Labute approximate surface area is 108 Å². The van der Waals surface area contributed by atoms with Crippen LogP contribution in [0.15, 0.2) is 24.3 Å². The van der Waals surface area contributed by atoms with Crippen molar-refractivity contribution in [3.8, 4) is 0 Å². The molecule has 0 aromatic heterocycles. The van der Waals surface area contributed by atoms with Crippen LogP contribution >= 0.6 is 0 Å². The number of carboxylic acid groups (broad SMARTS) is 1. The molecule has 1 rings (SSSR count). The van der Waals surface area contributed by atoms with E-state index in [-0.39, 0.29) is 11.7 Å². The summed E-state index contributed by atoms with van der Waals surface area (Å²) in [5.74, 6) is -0.861. The van der Waals surface area contributed by atoms with E-state index < -0.39 is 5.97 Å². The lowest BCUT2D eigenvalue weighted by atomic mass is 9.89. The van der Waals surface area contributed by atoms with E-state index in [9.17, 15) is 9.18 Å². The Balaban J connectivity index is 2.47. The molecule has 2 atom stereocenters. The van der Waals surface area contributed by atoms with Crippen molar-refractivity contribution in [2.24, 2.45) is 11.8 Å². The van der Waals surface area contributed by atoms with Gasteiger partial charge in [-0.3, -0.25) is 4.79 Å². The molecular weight excluding hydrogens is 231 g/mol. The average molecular weight is 252 g/mol. The highest BCUT2D eigenvalue weighted by Crippen LogP contribution is 2.21. The van der Waals surface area contributed by atoms with Crippen molar-refractivity contribution in [2.75, 3.05) is 0 Å². The van der Waals surface area contributed by atoms with E-state index in [4.69, 9.17) is 5.11 Å². The van der Waals surface area contributed by atoms with Crippen molar-refractivity contribution in [3.05, 3.63) is 35.6 Å². The molecule has 2 nitrogen and oxygen atoms in total. The van der Waals surface area contributed by atoms with Crippen molar-refractivity contribution in [1.82, 2.24) is 0 Å². The highest BCUT2D eigenvalue weighted by Gasteiger charge is 2.16. The molecule has 18 heavy (non-hydrogen) atoms. The van der Waals surface area contributed by atoms with Crippen LogP contribution < -0.4 is 0 Å². The van der Waals surface area contributed by atoms with Crippen molar-refractivity contribution < 1.29 is 14.3 Å². The Morgan fingerprint density at radius 2 is 2.17 bits per heavy atom. The summed E-state index contributed by atoms with van der Waals surface area (Å²) in [5, 5.41) is 8.90. The van der Waals surface area contributed by atoms with Crippen LogP contribution in [0, 0.1) is 17.7 Å². The average Bonchev–Trinajstić information content (AvgIpc) is 2.34. The van der Waals surface area contributed by atoms with Gasteiger partial charge in [0, 0.05) is 0 Å². The minimum atomic E-state index is -0.737. The molecular formula is C15H21FO2. The number of benzene rings is 1. The lowest BCUT2D eigenvalue weighted by Crippen LogP contribution is -2.15. The van der Waals surface area contributed by atoms with Gasteiger partial charge in [-0.25, -0.2) is 4.39 Å². The van der Waals surface area contributed by atoms with E-state index in [2.05, 4.69) is 6.92 Å². The van der Waals surface area contributed by atoms with Crippen LogP contribution in [-0.2, 0) is 11.2 Å². The number of hydrogen-bond acceptors (Lipinski definition) is 1. The molecule has 100 valence electrons. The summed E-state index contributed by atoms with van der Waals surface area (Å²) in [5.41, 5.74) is 0.983. The summed E-state index contributed by atoms with van der Waals surface area (Å²) < 4.78 is 13.0. The maximum absolute atomic E-state index is 13.0. The van der Waals surface area contributed by atoms with E-state index in [0.717, 1.165) is 24.8 Å². The van der Waals surface area contributed by atoms with Crippen LogP contribution in [0.1, 0.15) is 38.7 Å². The van der Waals surface area contributed by atoms with Crippen LogP contribution in [0.2, 0.25) is 0 Å². The zero-order valence-corrected chi connectivity index (χ0v) is 11.0. The van der Waals surface area contributed by atoms with E-state index in [0.29, 0.717) is 12.3 Å². The van der Waals surface area contributed by atoms with Gasteiger partial charge in [-0.15, -0.1) is 0 Å². The van der Waals surface area contributed by atoms with Crippen LogP contribution in [0.3, 0.4) is 0 Å². The third kappa shape index (κ3) is 4.86. The Hall–Kier alpha value is -1.38. The fourth-order valence-electron chi connectivity index (χ4n) is 2.15. The highest BCUT2D eigenvalue weighted by molar-refractivity contribution is 5.69. The number of rotatable bonds is 7. The second kappa shape index (κ2) is 7.14. The Kier molecular flexibility index (Phi) is 5.83. The Morgan fingerprint density at radius 3 is 2.72 bits per heavy atom. The topological polar surface area (TPSA) is 37.3 Å². The van der Waals surface area contributed by atoms with Crippen LogP contribution in [0.25, 0.3) is 0 Å². The van der Waals surface area contributed by atoms with Crippen molar-refractivity contribution in [3.63, 3.8) is 0 Å². The molecule has 0 radical (unpaired) electrons. The quantitative estimate of drug-likeness (QED) is 0.799. The maximum atomic E-state index is 13.0. The Bertz CT molecular complexity index is 390. The number of carboxylic acids is 1. The zero-order valence-electron chi connectivity index (χ0n) is 11.0. The van der Waals surface area contributed by atoms with Crippen LogP contribution in [-0.4, -0.2) is 11.1 Å². The smallest absolute Gasteiger partial charge is 0.306 e. The first-order valence-electron chi connectivity index (χ1n) is 6.50. The van der Waals surface area contributed by atoms with Gasteiger partial charge in [-0.05, 0) is 42.9 Å². The standard InChI is InChI=1S/C15H21FO2/c1-3-12(9-11(2)15(17)18)7-8-13-5-4-6-14(16)10-13/h4-6,10-12H,3,7-9H2,1-2H3,(H,17,18)/t11-,12-/m0/s1. The summed E-state index contributed by atoms with van der Waals surface area (Å²) in [6.45, 7) is 3.82. The molecule has 0 spiro atoms. The minimum Gasteiger partial charge on any atom is -0.481 e. The van der Waals surface area contributed by atoms with E-state index >= 15 is 0 Å². The van der Waals surface area contributed by atoms with E-state index in [1.165, 1.54) is 6.07 Å². The first kappa shape index (κ1) is 14.7. The van der Waals surface area contributed by atoms with Gasteiger partial charge in [-0.2, -0.15) is 0 Å². The van der Waals surface area contributed by atoms with E-state index in [1.807, 2.05) is 6.07 Å². The van der Waals surface area contributed by atoms with Gasteiger partial charge < -0.3 is 5.11 Å². The lowest BCUT2D eigenvalue weighted by Gasteiger charge is -2.17. The van der Waals surface area contributed by atoms with Crippen LogP contribution in [0.4, 0.5) is 4.39 Å². The van der Waals surface area contributed by atoms with Gasteiger partial charge in [-0.1, -0.05) is 32.4 Å². The highest BCUT2D eigenvalue weighted by atomic mass is 19.1. The first-order chi connectivity index (χ1) is 8.52. The molecule has 0 aliphatic carbocycles. The molecule has 0 unspecified atom stereocenters. The van der Waals surface area contributed by atoms with Gasteiger partial charge in [0.1, 0.15) is 5.82 Å². The molecule has 1 aromatic rings. The second-order valence-corrected chi connectivity index (χ2v) is 4.92. The van der Waals surface area contributed by atoms with Gasteiger partial charge in [0.2, 0.25) is 0 Å². The summed E-state index contributed by atoms with van der Waals surface area (Å²) in [6, 6.07) is 6.61. The molecule has 0 amide bonds. The number of carbonyl (C=O) groups is 1. The summed E-state index contributed by atoms with van der Waals surface area (Å²) in [7, 11) is 0. The molecule has 1 aromatic carbocycles. The summed E-state index contributed by atoms with van der Waals surface area (Å²) in [4.78, 5) is 10.8. The fraction of sp³-hybridized carbons (Fsp3) is 0.533. The molecule has 1 N–H and O–H groups in total. The van der Waals surface area contributed by atoms with E-state index in [1.54, 1.807) is 19.1 Å². The molecule has 0 bridgehead atoms. The number of hydrogen-bond donors (Lipinski definition) is 1. The van der Waals surface area contributed by atoms with Gasteiger partial charge in [0.05, 0.1) is 5.92 Å². The lowest BCUT2D eigenvalue weighted by molar-refractivity contribution is -0.141. The number of halogens is 1. The van der Waals surface area contributed by atoms with Crippen molar-refractivity contribution >= 4 is 5.97 Å². The molecule has 0 aliphatic rings. The second-order valence-electron chi connectivity index (χ2n) is 4.92. The van der Waals surface area contributed by atoms with Gasteiger partial charge in [0.25, 0.3) is 0 Å². The maximum Gasteiger partial charge on any atom is 0.306 e. The predicted molar refractivity (Wildman–Crippen MR) is 69.9 cm³/mol. The molecule has 0 aliphatic heterocycles. The predicted octanol–water partition coefficient (Wildman–Crippen LogP) is 3.90. The molecule has 0 heterocycles.